The third kappa shape index (κ3) is 4.18. The third-order valence-electron chi connectivity index (χ3n) is 2.97. The molecule has 0 spiro atoms. The Hall–Kier alpha value is -1.13. The lowest BCUT2D eigenvalue weighted by Gasteiger charge is -2.24. The van der Waals surface area contributed by atoms with Crippen molar-refractivity contribution in [2.45, 2.75) is 19.9 Å². The average Bonchev–Trinajstić information content (AvgIpc) is 2.38. The first-order valence-corrected chi connectivity index (χ1v) is 6.58. The van der Waals surface area contributed by atoms with E-state index in [1.807, 2.05) is 6.07 Å². The summed E-state index contributed by atoms with van der Waals surface area (Å²) >= 11 is 6.15. The van der Waals surface area contributed by atoms with E-state index in [1.165, 1.54) is 0 Å². The zero-order valence-corrected chi connectivity index (χ0v) is 12.9. The number of nitrogens with one attached hydrogen (secondary N) is 1. The number of hydrogen-bond donors (Lipinski definition) is 1. The van der Waals surface area contributed by atoms with Gasteiger partial charge in [0.25, 0.3) is 0 Å². The summed E-state index contributed by atoms with van der Waals surface area (Å²) in [6, 6.07) is 3.77. The maximum atomic E-state index is 6.15. The van der Waals surface area contributed by atoms with Crippen LogP contribution in [0.5, 0.6) is 11.5 Å². The molecule has 1 N–H and O–H groups in total. The summed E-state index contributed by atoms with van der Waals surface area (Å²) in [5.41, 5.74) is 0.837. The van der Waals surface area contributed by atoms with E-state index >= 15 is 0 Å². The fraction of sp³-hybridized carbons (Fsp3) is 0.571. The SMILES string of the molecule is COCC(Nc1cc(Cl)c(OC)cc1OC)C(C)C. The second-order valence-electron chi connectivity index (χ2n) is 4.64. The van der Waals surface area contributed by atoms with E-state index in [4.69, 9.17) is 25.8 Å². The minimum Gasteiger partial charge on any atom is -0.495 e. The van der Waals surface area contributed by atoms with Crippen molar-refractivity contribution < 1.29 is 14.2 Å². The highest BCUT2D eigenvalue weighted by molar-refractivity contribution is 6.32. The van der Waals surface area contributed by atoms with Crippen LogP contribution >= 0.6 is 11.6 Å². The first-order valence-electron chi connectivity index (χ1n) is 6.20. The highest BCUT2D eigenvalue weighted by Gasteiger charge is 2.17. The van der Waals surface area contributed by atoms with Crippen LogP contribution in [0.25, 0.3) is 0 Å². The number of hydrogen-bond acceptors (Lipinski definition) is 4. The molecule has 1 atom stereocenters. The molecule has 0 saturated carbocycles. The molecule has 1 aromatic carbocycles. The Morgan fingerprint density at radius 3 is 2.21 bits per heavy atom. The summed E-state index contributed by atoms with van der Waals surface area (Å²) < 4.78 is 15.8. The van der Waals surface area contributed by atoms with E-state index in [0.29, 0.717) is 29.0 Å². The van der Waals surface area contributed by atoms with E-state index in [0.717, 1.165) is 5.69 Å². The van der Waals surface area contributed by atoms with Crippen LogP contribution in [0.1, 0.15) is 13.8 Å². The van der Waals surface area contributed by atoms with Crippen LogP contribution in [0, 0.1) is 5.92 Å². The Bertz CT molecular complexity index is 410. The first kappa shape index (κ1) is 15.9. The number of ether oxygens (including phenoxy) is 3. The van der Waals surface area contributed by atoms with Crippen molar-refractivity contribution in [1.29, 1.82) is 0 Å². The smallest absolute Gasteiger partial charge is 0.145 e. The van der Waals surface area contributed by atoms with Gasteiger partial charge in [0.2, 0.25) is 0 Å². The van der Waals surface area contributed by atoms with Crippen molar-refractivity contribution in [2.75, 3.05) is 33.3 Å². The molecule has 19 heavy (non-hydrogen) atoms. The monoisotopic (exact) mass is 287 g/mol. The fourth-order valence-electron chi connectivity index (χ4n) is 1.75. The molecule has 1 rings (SSSR count). The van der Waals surface area contributed by atoms with Gasteiger partial charge in [-0.15, -0.1) is 0 Å². The van der Waals surface area contributed by atoms with Gasteiger partial charge in [-0.05, 0) is 12.0 Å². The minimum absolute atomic E-state index is 0.184. The van der Waals surface area contributed by atoms with Crippen LogP contribution in [0.15, 0.2) is 12.1 Å². The van der Waals surface area contributed by atoms with Crippen LogP contribution < -0.4 is 14.8 Å². The first-order chi connectivity index (χ1) is 9.03. The standard InChI is InChI=1S/C14H22ClNO3/c1-9(2)12(8-17-3)16-11-6-10(15)13(18-4)7-14(11)19-5/h6-7,9,12,16H,8H2,1-5H3. The number of benzene rings is 1. The lowest BCUT2D eigenvalue weighted by molar-refractivity contribution is 0.171. The third-order valence-corrected chi connectivity index (χ3v) is 3.26. The van der Waals surface area contributed by atoms with Gasteiger partial charge in [-0.3, -0.25) is 0 Å². The summed E-state index contributed by atoms with van der Waals surface area (Å²) in [6.07, 6.45) is 0. The molecule has 0 radical (unpaired) electrons. The zero-order chi connectivity index (χ0) is 14.4. The van der Waals surface area contributed by atoms with Gasteiger partial charge >= 0.3 is 0 Å². The quantitative estimate of drug-likeness (QED) is 0.834. The molecule has 108 valence electrons. The lowest BCUT2D eigenvalue weighted by Crippen LogP contribution is -2.30. The van der Waals surface area contributed by atoms with Crippen LogP contribution in [-0.2, 0) is 4.74 Å². The Morgan fingerprint density at radius 2 is 1.74 bits per heavy atom. The van der Waals surface area contributed by atoms with Gasteiger partial charge in [-0.1, -0.05) is 25.4 Å². The Morgan fingerprint density at radius 1 is 1.11 bits per heavy atom. The predicted molar refractivity (Wildman–Crippen MR) is 78.7 cm³/mol. The molecule has 0 aromatic heterocycles. The molecule has 0 aliphatic rings. The molecule has 4 nitrogen and oxygen atoms in total. The Kier molecular flexibility index (Phi) is 6.25. The molecule has 0 amide bonds. The van der Waals surface area contributed by atoms with Gasteiger partial charge in [-0.2, -0.15) is 0 Å². The Balaban J connectivity index is 3.01. The maximum Gasteiger partial charge on any atom is 0.145 e. The van der Waals surface area contributed by atoms with E-state index in [2.05, 4.69) is 19.2 Å². The largest absolute Gasteiger partial charge is 0.495 e. The van der Waals surface area contributed by atoms with Gasteiger partial charge in [0.15, 0.2) is 0 Å². The topological polar surface area (TPSA) is 39.7 Å². The number of anilines is 1. The van der Waals surface area contributed by atoms with E-state index in [9.17, 15) is 0 Å². The minimum atomic E-state index is 0.184. The van der Waals surface area contributed by atoms with Crippen molar-refractivity contribution >= 4 is 17.3 Å². The van der Waals surface area contributed by atoms with Gasteiger partial charge in [-0.25, -0.2) is 0 Å². The highest BCUT2D eigenvalue weighted by atomic mass is 35.5. The van der Waals surface area contributed by atoms with E-state index in [-0.39, 0.29) is 6.04 Å². The van der Waals surface area contributed by atoms with Crippen LogP contribution in [0.3, 0.4) is 0 Å². The molecular formula is C14H22ClNO3. The maximum absolute atomic E-state index is 6.15. The summed E-state index contributed by atoms with van der Waals surface area (Å²) in [5.74, 6) is 1.71. The zero-order valence-electron chi connectivity index (χ0n) is 12.1. The second-order valence-corrected chi connectivity index (χ2v) is 5.04. The van der Waals surface area contributed by atoms with E-state index in [1.54, 1.807) is 27.4 Å². The molecule has 0 saturated heterocycles. The normalized spacial score (nSPS) is 12.4. The summed E-state index contributed by atoms with van der Waals surface area (Å²) in [5, 5.41) is 3.95. The van der Waals surface area contributed by atoms with Gasteiger partial charge in [0.05, 0.1) is 37.6 Å². The number of halogens is 1. The summed E-state index contributed by atoms with van der Waals surface area (Å²) in [6.45, 7) is 4.88. The lowest BCUT2D eigenvalue weighted by atomic mass is 10.0. The van der Waals surface area contributed by atoms with Crippen molar-refractivity contribution in [2.24, 2.45) is 5.92 Å². The van der Waals surface area contributed by atoms with Crippen molar-refractivity contribution in [3.8, 4) is 11.5 Å². The number of methoxy groups -OCH3 is 3. The van der Waals surface area contributed by atoms with Crippen molar-refractivity contribution in [1.82, 2.24) is 0 Å². The molecule has 0 aliphatic heterocycles. The van der Waals surface area contributed by atoms with Crippen LogP contribution in [0.4, 0.5) is 5.69 Å². The van der Waals surface area contributed by atoms with Gasteiger partial charge in [0, 0.05) is 13.2 Å². The molecule has 0 aliphatic carbocycles. The molecule has 0 heterocycles. The van der Waals surface area contributed by atoms with E-state index < -0.39 is 0 Å². The van der Waals surface area contributed by atoms with Gasteiger partial charge < -0.3 is 19.5 Å². The molecule has 0 fully saturated rings. The highest BCUT2D eigenvalue weighted by Crippen LogP contribution is 2.36. The molecule has 1 aromatic rings. The summed E-state index contributed by atoms with van der Waals surface area (Å²) in [4.78, 5) is 0. The van der Waals surface area contributed by atoms with Crippen molar-refractivity contribution in [3.63, 3.8) is 0 Å². The molecule has 1 unspecified atom stereocenters. The van der Waals surface area contributed by atoms with Gasteiger partial charge in [0.1, 0.15) is 11.5 Å². The molecule has 0 bridgehead atoms. The fourth-order valence-corrected chi connectivity index (χ4v) is 1.99. The number of rotatable bonds is 7. The summed E-state index contributed by atoms with van der Waals surface area (Å²) in [7, 11) is 4.89. The molecule has 5 heteroatoms. The predicted octanol–water partition coefficient (Wildman–Crippen LogP) is 3.44. The Labute approximate surface area is 120 Å². The van der Waals surface area contributed by atoms with Crippen LogP contribution in [-0.4, -0.2) is 34.0 Å². The second kappa shape index (κ2) is 7.46. The van der Waals surface area contributed by atoms with Crippen LogP contribution in [0.2, 0.25) is 5.02 Å². The molecular weight excluding hydrogens is 266 g/mol. The van der Waals surface area contributed by atoms with Crippen molar-refractivity contribution in [3.05, 3.63) is 17.2 Å². The average molecular weight is 288 g/mol.